The molecule has 3 aromatic carbocycles. The molecule has 0 unspecified atom stereocenters. The van der Waals surface area contributed by atoms with Gasteiger partial charge in [0.15, 0.2) is 6.04 Å². The number of carbonyl (C=O) groups excluding carboxylic acids is 1. The Morgan fingerprint density at radius 3 is 1.78 bits per heavy atom. The van der Waals surface area contributed by atoms with Crippen LogP contribution in [-0.4, -0.2) is 29.4 Å². The van der Waals surface area contributed by atoms with Crippen LogP contribution in [0.5, 0.6) is 0 Å². The van der Waals surface area contributed by atoms with E-state index in [1.165, 1.54) is 0 Å². The average Bonchev–Trinajstić information content (AvgIpc) is 2.75. The summed E-state index contributed by atoms with van der Waals surface area (Å²) in [6, 6.07) is 27.6. The molecule has 1 N–H and O–H groups in total. The maximum absolute atomic E-state index is 12.5. The first-order valence-electron chi connectivity index (χ1n) is 8.78. The van der Waals surface area contributed by atoms with E-state index in [1.54, 1.807) is 0 Å². The fourth-order valence-corrected chi connectivity index (χ4v) is 2.66. The van der Waals surface area contributed by atoms with Crippen LogP contribution in [0.15, 0.2) is 96.0 Å². The molecule has 0 amide bonds. The number of esters is 1. The highest BCUT2D eigenvalue weighted by molar-refractivity contribution is 6.13. The number of aliphatic hydroxyl groups excluding tert-OH is 1. The quantitative estimate of drug-likeness (QED) is 0.518. The molecule has 3 rings (SSSR count). The molecule has 4 nitrogen and oxygen atoms in total. The van der Waals surface area contributed by atoms with Gasteiger partial charge in [0.25, 0.3) is 0 Å². The summed E-state index contributed by atoms with van der Waals surface area (Å²) in [7, 11) is 0. The number of aliphatic imine (C=N–C) groups is 1. The maximum atomic E-state index is 12.5. The van der Waals surface area contributed by atoms with Crippen LogP contribution < -0.4 is 0 Å². The third-order valence-electron chi connectivity index (χ3n) is 4.05. The topological polar surface area (TPSA) is 58.9 Å². The molecular weight excluding hydrogens is 338 g/mol. The van der Waals surface area contributed by atoms with Crippen molar-refractivity contribution in [2.45, 2.75) is 12.6 Å². The van der Waals surface area contributed by atoms with Gasteiger partial charge in [-0.1, -0.05) is 91.0 Å². The van der Waals surface area contributed by atoms with E-state index >= 15 is 0 Å². The van der Waals surface area contributed by atoms with Crippen molar-refractivity contribution in [1.82, 2.24) is 0 Å². The van der Waals surface area contributed by atoms with Crippen molar-refractivity contribution < 1.29 is 14.6 Å². The van der Waals surface area contributed by atoms with Gasteiger partial charge >= 0.3 is 5.97 Å². The van der Waals surface area contributed by atoms with Gasteiger partial charge in [-0.3, -0.25) is 4.99 Å². The van der Waals surface area contributed by atoms with Crippen molar-refractivity contribution in [3.63, 3.8) is 0 Å². The van der Waals surface area contributed by atoms with Gasteiger partial charge < -0.3 is 9.84 Å². The largest absolute Gasteiger partial charge is 0.459 e. The fraction of sp³-hybridized carbons (Fsp3) is 0.130. The number of hydrogen-bond donors (Lipinski definition) is 1. The third kappa shape index (κ3) is 5.12. The van der Waals surface area contributed by atoms with Crippen LogP contribution in [-0.2, 0) is 16.1 Å². The second-order valence-electron chi connectivity index (χ2n) is 6.00. The Hall–Kier alpha value is -3.24. The van der Waals surface area contributed by atoms with E-state index in [0.717, 1.165) is 16.7 Å². The molecule has 27 heavy (non-hydrogen) atoms. The Morgan fingerprint density at radius 2 is 1.30 bits per heavy atom. The van der Waals surface area contributed by atoms with Crippen molar-refractivity contribution in [3.8, 4) is 0 Å². The number of carbonyl (C=O) groups is 1. The van der Waals surface area contributed by atoms with E-state index in [2.05, 4.69) is 4.99 Å². The Bertz CT molecular complexity index is 836. The SMILES string of the molecule is O=C(OCc1ccccc1)[C@@H](CO)N=C(c1ccccc1)c1ccccc1. The monoisotopic (exact) mass is 359 g/mol. The lowest BCUT2D eigenvalue weighted by Crippen LogP contribution is -2.27. The minimum atomic E-state index is -0.982. The second kappa shape index (κ2) is 9.46. The second-order valence-corrected chi connectivity index (χ2v) is 6.00. The molecule has 136 valence electrons. The average molecular weight is 359 g/mol. The van der Waals surface area contributed by atoms with Crippen LogP contribution in [0.2, 0.25) is 0 Å². The molecule has 0 aromatic heterocycles. The summed E-state index contributed by atoms with van der Waals surface area (Å²) < 4.78 is 5.35. The van der Waals surface area contributed by atoms with Crippen molar-refractivity contribution in [1.29, 1.82) is 0 Å². The maximum Gasteiger partial charge on any atom is 0.333 e. The zero-order valence-electron chi connectivity index (χ0n) is 14.9. The van der Waals surface area contributed by atoms with E-state index in [0.29, 0.717) is 5.71 Å². The van der Waals surface area contributed by atoms with Crippen molar-refractivity contribution in [3.05, 3.63) is 108 Å². The zero-order valence-corrected chi connectivity index (χ0v) is 14.9. The summed E-state index contributed by atoms with van der Waals surface area (Å²) in [5.74, 6) is -0.550. The Kier molecular flexibility index (Phi) is 6.50. The first-order valence-corrected chi connectivity index (χ1v) is 8.78. The molecule has 0 saturated carbocycles. The molecular formula is C23H21NO3. The van der Waals surface area contributed by atoms with Gasteiger partial charge in [0.05, 0.1) is 12.3 Å². The van der Waals surface area contributed by atoms with E-state index in [9.17, 15) is 9.90 Å². The smallest absolute Gasteiger partial charge is 0.333 e. The van der Waals surface area contributed by atoms with Gasteiger partial charge in [-0.15, -0.1) is 0 Å². The molecule has 0 aliphatic rings. The van der Waals surface area contributed by atoms with Crippen LogP contribution >= 0.6 is 0 Å². The lowest BCUT2D eigenvalue weighted by atomic mass is 10.0. The summed E-state index contributed by atoms with van der Waals surface area (Å²) >= 11 is 0. The standard InChI is InChI=1S/C23H21NO3/c25-16-21(23(26)27-17-18-10-4-1-5-11-18)24-22(19-12-6-2-7-13-19)20-14-8-3-9-15-20/h1-15,21,25H,16-17H2/t21-/m1/s1. The summed E-state index contributed by atoms with van der Waals surface area (Å²) in [5.41, 5.74) is 3.28. The summed E-state index contributed by atoms with van der Waals surface area (Å²) in [5, 5.41) is 9.73. The van der Waals surface area contributed by atoms with Crippen LogP contribution in [0.25, 0.3) is 0 Å². The first kappa shape index (κ1) is 18.5. The van der Waals surface area contributed by atoms with Gasteiger partial charge in [0.2, 0.25) is 0 Å². The van der Waals surface area contributed by atoms with Gasteiger partial charge in [-0.25, -0.2) is 4.79 Å². The van der Waals surface area contributed by atoms with E-state index in [1.807, 2.05) is 91.0 Å². The number of rotatable bonds is 7. The minimum absolute atomic E-state index is 0.150. The van der Waals surface area contributed by atoms with Crippen molar-refractivity contribution in [2.24, 2.45) is 4.99 Å². The number of nitrogens with zero attached hydrogens (tertiary/aromatic N) is 1. The molecule has 3 aromatic rings. The lowest BCUT2D eigenvalue weighted by molar-refractivity contribution is -0.147. The highest BCUT2D eigenvalue weighted by atomic mass is 16.5. The van der Waals surface area contributed by atoms with Gasteiger partial charge in [-0.05, 0) is 5.56 Å². The lowest BCUT2D eigenvalue weighted by Gasteiger charge is -2.14. The molecule has 0 bridgehead atoms. The normalized spacial score (nSPS) is 11.4. The molecule has 0 fully saturated rings. The zero-order chi connectivity index (χ0) is 18.9. The molecule has 0 aliphatic heterocycles. The Morgan fingerprint density at radius 1 is 0.815 bits per heavy atom. The van der Waals surface area contributed by atoms with Crippen molar-refractivity contribution in [2.75, 3.05) is 6.61 Å². The first-order chi connectivity index (χ1) is 13.3. The molecule has 0 spiro atoms. The van der Waals surface area contributed by atoms with Crippen LogP contribution in [0.4, 0.5) is 0 Å². The highest BCUT2D eigenvalue weighted by Gasteiger charge is 2.20. The molecule has 1 atom stereocenters. The minimum Gasteiger partial charge on any atom is -0.459 e. The third-order valence-corrected chi connectivity index (χ3v) is 4.05. The Labute approximate surface area is 158 Å². The molecule has 0 heterocycles. The molecule has 0 saturated heterocycles. The van der Waals surface area contributed by atoms with Gasteiger partial charge in [0, 0.05) is 11.1 Å². The number of ether oxygens (including phenoxy) is 1. The van der Waals surface area contributed by atoms with E-state index < -0.39 is 18.6 Å². The Balaban J connectivity index is 1.84. The number of aliphatic hydroxyl groups is 1. The van der Waals surface area contributed by atoms with Gasteiger partial charge in [0.1, 0.15) is 6.61 Å². The van der Waals surface area contributed by atoms with Crippen LogP contribution in [0.1, 0.15) is 16.7 Å². The summed E-state index contributed by atoms with van der Waals surface area (Å²) in [6.07, 6.45) is 0. The van der Waals surface area contributed by atoms with Crippen molar-refractivity contribution >= 4 is 11.7 Å². The van der Waals surface area contributed by atoms with Crippen LogP contribution in [0, 0.1) is 0 Å². The van der Waals surface area contributed by atoms with E-state index in [4.69, 9.17) is 4.74 Å². The van der Waals surface area contributed by atoms with Crippen LogP contribution in [0.3, 0.4) is 0 Å². The number of benzene rings is 3. The predicted octanol–water partition coefficient (Wildman–Crippen LogP) is 3.63. The fourth-order valence-electron chi connectivity index (χ4n) is 2.66. The highest BCUT2D eigenvalue weighted by Crippen LogP contribution is 2.13. The number of hydrogen-bond acceptors (Lipinski definition) is 4. The molecule has 4 heteroatoms. The summed E-state index contributed by atoms with van der Waals surface area (Å²) in [4.78, 5) is 17.0. The predicted molar refractivity (Wildman–Crippen MR) is 106 cm³/mol. The molecule has 0 radical (unpaired) electrons. The van der Waals surface area contributed by atoms with Gasteiger partial charge in [-0.2, -0.15) is 0 Å². The summed E-state index contributed by atoms with van der Waals surface area (Å²) in [6.45, 7) is -0.269. The van der Waals surface area contributed by atoms with E-state index in [-0.39, 0.29) is 6.61 Å². The molecule has 0 aliphatic carbocycles.